The summed E-state index contributed by atoms with van der Waals surface area (Å²) < 4.78 is 5.18. The van der Waals surface area contributed by atoms with Crippen molar-refractivity contribution in [3.05, 3.63) is 11.7 Å². The highest BCUT2D eigenvalue weighted by molar-refractivity contribution is 5.76. The number of hydrogen-bond donors (Lipinski definition) is 1. The minimum absolute atomic E-state index is 0.0126. The summed E-state index contributed by atoms with van der Waals surface area (Å²) in [5.74, 6) is 1.12. The monoisotopic (exact) mass is 297 g/mol. The van der Waals surface area contributed by atoms with Crippen molar-refractivity contribution in [2.45, 2.75) is 71.9 Å². The molecule has 0 aliphatic carbocycles. The lowest BCUT2D eigenvalue weighted by Gasteiger charge is -2.27. The second-order valence-electron chi connectivity index (χ2n) is 6.75. The Hall–Kier alpha value is -1.43. The molecule has 0 saturated carbocycles. The van der Waals surface area contributed by atoms with Gasteiger partial charge in [0.15, 0.2) is 5.82 Å². The van der Waals surface area contributed by atoms with Crippen molar-refractivity contribution in [1.29, 1.82) is 0 Å². The first-order chi connectivity index (χ1) is 9.61. The lowest BCUT2D eigenvalue weighted by molar-refractivity contribution is -0.134. The molecule has 1 unspecified atom stereocenters. The van der Waals surface area contributed by atoms with Crippen molar-refractivity contribution in [3.63, 3.8) is 0 Å². The maximum Gasteiger partial charge on any atom is 0.227 e. The minimum Gasteiger partial charge on any atom is -0.392 e. The molecule has 1 rings (SSSR count). The third-order valence-electron chi connectivity index (χ3n) is 3.10. The zero-order valence-electron chi connectivity index (χ0n) is 13.9. The van der Waals surface area contributed by atoms with E-state index < -0.39 is 6.10 Å². The van der Waals surface area contributed by atoms with E-state index in [-0.39, 0.29) is 17.4 Å². The second kappa shape index (κ2) is 7.02. The van der Waals surface area contributed by atoms with E-state index in [1.807, 2.05) is 34.6 Å². The molecule has 1 atom stereocenters. The lowest BCUT2D eigenvalue weighted by Crippen LogP contribution is -2.41. The molecule has 21 heavy (non-hydrogen) atoms. The summed E-state index contributed by atoms with van der Waals surface area (Å²) in [5, 5.41) is 13.4. The van der Waals surface area contributed by atoms with Crippen molar-refractivity contribution in [3.8, 4) is 0 Å². The van der Waals surface area contributed by atoms with Crippen LogP contribution in [0.25, 0.3) is 0 Å². The van der Waals surface area contributed by atoms with Crippen molar-refractivity contribution in [2.75, 3.05) is 6.54 Å². The van der Waals surface area contributed by atoms with Gasteiger partial charge in [-0.05, 0) is 20.8 Å². The highest BCUT2D eigenvalue weighted by Gasteiger charge is 2.22. The number of hydrogen-bond acceptors (Lipinski definition) is 5. The topological polar surface area (TPSA) is 79.5 Å². The van der Waals surface area contributed by atoms with Crippen LogP contribution in [0, 0.1) is 0 Å². The fourth-order valence-electron chi connectivity index (χ4n) is 1.90. The normalized spacial score (nSPS) is 13.5. The zero-order valence-corrected chi connectivity index (χ0v) is 13.9. The van der Waals surface area contributed by atoms with Gasteiger partial charge >= 0.3 is 0 Å². The molecular formula is C15H27N3O3. The average molecular weight is 297 g/mol. The Morgan fingerprint density at radius 3 is 2.38 bits per heavy atom. The highest BCUT2D eigenvalue weighted by atomic mass is 16.5. The van der Waals surface area contributed by atoms with Gasteiger partial charge in [-0.1, -0.05) is 25.9 Å². The van der Waals surface area contributed by atoms with Crippen molar-refractivity contribution >= 4 is 5.91 Å². The minimum atomic E-state index is -0.535. The third kappa shape index (κ3) is 5.46. The van der Waals surface area contributed by atoms with E-state index in [4.69, 9.17) is 4.52 Å². The number of aliphatic hydroxyl groups is 1. The Bertz CT molecular complexity index is 461. The molecule has 0 spiro atoms. The molecule has 0 fully saturated rings. The van der Waals surface area contributed by atoms with Gasteiger partial charge in [-0.15, -0.1) is 0 Å². The second-order valence-corrected chi connectivity index (χ2v) is 6.75. The first-order valence-electron chi connectivity index (χ1n) is 7.42. The molecule has 0 aromatic carbocycles. The van der Waals surface area contributed by atoms with Gasteiger partial charge < -0.3 is 14.5 Å². The van der Waals surface area contributed by atoms with E-state index >= 15 is 0 Å². The van der Waals surface area contributed by atoms with Gasteiger partial charge in [-0.25, -0.2) is 0 Å². The van der Waals surface area contributed by atoms with Crippen LogP contribution >= 0.6 is 0 Å². The number of aromatic nitrogens is 2. The third-order valence-corrected chi connectivity index (χ3v) is 3.10. The largest absolute Gasteiger partial charge is 0.392 e. The van der Waals surface area contributed by atoms with Gasteiger partial charge in [0.2, 0.25) is 11.8 Å². The number of nitrogens with zero attached hydrogens (tertiary/aromatic N) is 3. The Balaban J connectivity index is 2.61. The van der Waals surface area contributed by atoms with Gasteiger partial charge in [-0.2, -0.15) is 4.98 Å². The summed E-state index contributed by atoms with van der Waals surface area (Å²) in [5.41, 5.74) is -0.165. The molecule has 120 valence electrons. The fraction of sp³-hybridized carbons (Fsp3) is 0.800. The van der Waals surface area contributed by atoms with E-state index in [2.05, 4.69) is 10.1 Å². The summed E-state index contributed by atoms with van der Waals surface area (Å²) in [6.07, 6.45) is 0.189. The lowest BCUT2D eigenvalue weighted by atomic mass is 9.96. The number of rotatable bonds is 6. The van der Waals surface area contributed by atoms with Crippen LogP contribution in [0.5, 0.6) is 0 Å². The quantitative estimate of drug-likeness (QED) is 0.867. The maximum atomic E-state index is 12.2. The molecule has 1 N–H and O–H groups in total. The zero-order chi connectivity index (χ0) is 16.2. The van der Waals surface area contributed by atoms with E-state index in [1.165, 1.54) is 0 Å². The van der Waals surface area contributed by atoms with Crippen LogP contribution < -0.4 is 0 Å². The molecule has 0 radical (unpaired) electrons. The molecule has 6 heteroatoms. The first-order valence-corrected chi connectivity index (χ1v) is 7.42. The predicted molar refractivity (Wildman–Crippen MR) is 79.8 cm³/mol. The number of carbonyl (C=O) groups excluding carboxylic acids is 1. The standard InChI is InChI=1S/C15H27N3O3/c1-10(2)18(9-11(3)19)13(20)8-7-12-16-14(17-21-12)15(4,5)6/h10-11,19H,7-9H2,1-6H3. The maximum absolute atomic E-state index is 12.2. The molecule has 6 nitrogen and oxygen atoms in total. The molecule has 1 heterocycles. The van der Waals surface area contributed by atoms with Crippen LogP contribution in [0.15, 0.2) is 4.52 Å². The fourth-order valence-corrected chi connectivity index (χ4v) is 1.90. The smallest absolute Gasteiger partial charge is 0.227 e. The van der Waals surface area contributed by atoms with Gasteiger partial charge in [0, 0.05) is 30.8 Å². The van der Waals surface area contributed by atoms with Gasteiger partial charge in [-0.3, -0.25) is 4.79 Å². The Morgan fingerprint density at radius 2 is 1.95 bits per heavy atom. The number of aryl methyl sites for hydroxylation is 1. The van der Waals surface area contributed by atoms with Gasteiger partial charge in [0.05, 0.1) is 6.10 Å². The van der Waals surface area contributed by atoms with E-state index in [0.717, 1.165) is 0 Å². The van der Waals surface area contributed by atoms with Gasteiger partial charge in [0.25, 0.3) is 0 Å². The molecule has 0 aliphatic heterocycles. The molecule has 1 amide bonds. The molecule has 0 bridgehead atoms. The number of aliphatic hydroxyl groups excluding tert-OH is 1. The van der Waals surface area contributed by atoms with Crippen LogP contribution in [0.2, 0.25) is 0 Å². The average Bonchev–Trinajstić information content (AvgIpc) is 2.81. The molecule has 1 aromatic rings. The van der Waals surface area contributed by atoms with Crippen LogP contribution in [-0.2, 0) is 16.6 Å². The Kier molecular flexibility index (Phi) is 5.89. The number of amides is 1. The van der Waals surface area contributed by atoms with Crippen LogP contribution in [-0.4, -0.2) is 44.7 Å². The summed E-state index contributed by atoms with van der Waals surface area (Å²) in [6.45, 7) is 11.9. The Labute approximate surface area is 126 Å². The number of carbonyl (C=O) groups is 1. The molecule has 0 aliphatic rings. The molecular weight excluding hydrogens is 270 g/mol. The van der Waals surface area contributed by atoms with Gasteiger partial charge in [0.1, 0.15) is 0 Å². The first kappa shape index (κ1) is 17.6. The van der Waals surface area contributed by atoms with Crippen LogP contribution in [0.1, 0.15) is 59.7 Å². The molecule has 1 aromatic heterocycles. The van der Waals surface area contributed by atoms with Crippen molar-refractivity contribution < 1.29 is 14.4 Å². The molecule has 0 saturated heterocycles. The highest BCUT2D eigenvalue weighted by Crippen LogP contribution is 2.19. The summed E-state index contributed by atoms with van der Waals surface area (Å²) in [4.78, 5) is 18.2. The van der Waals surface area contributed by atoms with Crippen molar-refractivity contribution in [2.24, 2.45) is 0 Å². The summed E-state index contributed by atoms with van der Waals surface area (Å²) in [7, 11) is 0. The van der Waals surface area contributed by atoms with Crippen LogP contribution in [0.3, 0.4) is 0 Å². The predicted octanol–water partition coefficient (Wildman–Crippen LogP) is 1.92. The Morgan fingerprint density at radius 1 is 1.33 bits per heavy atom. The summed E-state index contributed by atoms with van der Waals surface area (Å²) in [6, 6.07) is 0.0555. The van der Waals surface area contributed by atoms with Crippen molar-refractivity contribution in [1.82, 2.24) is 15.0 Å². The van der Waals surface area contributed by atoms with E-state index in [0.29, 0.717) is 31.1 Å². The van der Waals surface area contributed by atoms with Crippen LogP contribution in [0.4, 0.5) is 0 Å². The van der Waals surface area contributed by atoms with E-state index in [9.17, 15) is 9.90 Å². The SMILES string of the molecule is CC(O)CN(C(=O)CCc1nc(C(C)(C)C)no1)C(C)C. The summed E-state index contributed by atoms with van der Waals surface area (Å²) >= 11 is 0. The van der Waals surface area contributed by atoms with E-state index in [1.54, 1.807) is 11.8 Å².